The molecule has 2 rings (SSSR count). The van der Waals surface area contributed by atoms with Gasteiger partial charge in [-0.15, -0.1) is 0 Å². The normalized spacial score (nSPS) is 10.1. The zero-order valence-electron chi connectivity index (χ0n) is 14.9. The summed E-state index contributed by atoms with van der Waals surface area (Å²) < 4.78 is 50.1. The van der Waals surface area contributed by atoms with Gasteiger partial charge in [-0.3, -0.25) is 9.59 Å². The summed E-state index contributed by atoms with van der Waals surface area (Å²) in [6.07, 6.45) is 1.55. The Bertz CT molecular complexity index is 903. The van der Waals surface area contributed by atoms with Crippen LogP contribution in [0.25, 0.3) is 0 Å². The van der Waals surface area contributed by atoms with Crippen molar-refractivity contribution in [1.82, 2.24) is 5.32 Å². The lowest BCUT2D eigenvalue weighted by Gasteiger charge is -2.11. The van der Waals surface area contributed by atoms with Gasteiger partial charge in [0.15, 0.2) is 29.0 Å². The molecular weight excluding hydrogens is 377 g/mol. The highest BCUT2D eigenvalue weighted by molar-refractivity contribution is 5.99. The minimum Gasteiger partial charge on any atom is -0.493 e. The fourth-order valence-corrected chi connectivity index (χ4v) is 2.16. The van der Waals surface area contributed by atoms with E-state index in [4.69, 9.17) is 9.47 Å². The molecule has 0 saturated carbocycles. The van der Waals surface area contributed by atoms with Crippen molar-refractivity contribution in [3.05, 3.63) is 66.0 Å². The average Bonchev–Trinajstić information content (AvgIpc) is 2.70. The predicted molar refractivity (Wildman–Crippen MR) is 96.0 cm³/mol. The van der Waals surface area contributed by atoms with Crippen LogP contribution in [-0.4, -0.2) is 32.1 Å². The van der Waals surface area contributed by atoms with E-state index in [-0.39, 0.29) is 12.2 Å². The molecular formula is C19H17F3N2O4. The van der Waals surface area contributed by atoms with Crippen LogP contribution in [0.4, 0.5) is 18.9 Å². The maximum atomic E-state index is 13.5. The van der Waals surface area contributed by atoms with E-state index in [0.29, 0.717) is 17.6 Å². The lowest BCUT2D eigenvalue weighted by molar-refractivity contribution is -0.115. The van der Waals surface area contributed by atoms with Crippen molar-refractivity contribution in [2.75, 3.05) is 25.6 Å². The summed E-state index contributed by atoms with van der Waals surface area (Å²) in [6.45, 7) is 3.26. The second-order valence-corrected chi connectivity index (χ2v) is 5.42. The minimum absolute atomic E-state index is 0.189. The summed E-state index contributed by atoms with van der Waals surface area (Å²) in [5.41, 5.74) is -0.349. The zero-order valence-corrected chi connectivity index (χ0v) is 14.9. The van der Waals surface area contributed by atoms with Crippen molar-refractivity contribution >= 4 is 17.5 Å². The SMILES string of the molecule is C=CCOc1ccc(C(=O)NCC(=O)Nc2ccc(F)c(F)c2F)cc1OC. The maximum Gasteiger partial charge on any atom is 0.251 e. The van der Waals surface area contributed by atoms with Crippen LogP contribution in [0.5, 0.6) is 11.5 Å². The van der Waals surface area contributed by atoms with Crippen LogP contribution in [-0.2, 0) is 4.79 Å². The predicted octanol–water partition coefficient (Wildman–Crippen LogP) is 3.05. The van der Waals surface area contributed by atoms with E-state index in [9.17, 15) is 22.8 Å². The van der Waals surface area contributed by atoms with Gasteiger partial charge in [-0.1, -0.05) is 12.7 Å². The Morgan fingerprint density at radius 1 is 1.11 bits per heavy atom. The Kier molecular flexibility index (Phi) is 7.02. The highest BCUT2D eigenvalue weighted by Gasteiger charge is 2.16. The molecule has 0 radical (unpaired) electrons. The van der Waals surface area contributed by atoms with Crippen LogP contribution in [0.3, 0.4) is 0 Å². The van der Waals surface area contributed by atoms with Crippen LogP contribution >= 0.6 is 0 Å². The third-order valence-electron chi connectivity index (χ3n) is 3.50. The molecule has 0 heterocycles. The van der Waals surface area contributed by atoms with Crippen molar-refractivity contribution in [3.63, 3.8) is 0 Å². The van der Waals surface area contributed by atoms with E-state index in [0.717, 1.165) is 6.07 Å². The molecule has 0 unspecified atom stereocenters. The van der Waals surface area contributed by atoms with Gasteiger partial charge in [0.25, 0.3) is 5.91 Å². The molecule has 148 valence electrons. The van der Waals surface area contributed by atoms with Crippen molar-refractivity contribution in [2.45, 2.75) is 0 Å². The Hall–Kier alpha value is -3.49. The fraction of sp³-hybridized carbons (Fsp3) is 0.158. The molecule has 6 nitrogen and oxygen atoms in total. The van der Waals surface area contributed by atoms with Crippen LogP contribution < -0.4 is 20.1 Å². The monoisotopic (exact) mass is 394 g/mol. The summed E-state index contributed by atoms with van der Waals surface area (Å²) >= 11 is 0. The molecule has 2 aromatic rings. The molecule has 0 aliphatic heterocycles. The largest absolute Gasteiger partial charge is 0.493 e. The molecule has 0 saturated heterocycles. The first-order chi connectivity index (χ1) is 13.4. The number of amides is 2. The number of hydrogen-bond acceptors (Lipinski definition) is 4. The molecule has 28 heavy (non-hydrogen) atoms. The van der Waals surface area contributed by atoms with Gasteiger partial charge in [0, 0.05) is 5.56 Å². The Morgan fingerprint density at radius 2 is 1.86 bits per heavy atom. The average molecular weight is 394 g/mol. The molecule has 0 fully saturated rings. The second kappa shape index (κ2) is 9.45. The molecule has 9 heteroatoms. The van der Waals surface area contributed by atoms with Gasteiger partial charge in [-0.25, -0.2) is 13.2 Å². The number of anilines is 1. The highest BCUT2D eigenvalue weighted by Crippen LogP contribution is 2.28. The van der Waals surface area contributed by atoms with Gasteiger partial charge in [0.2, 0.25) is 5.91 Å². The number of rotatable bonds is 8. The smallest absolute Gasteiger partial charge is 0.251 e. The topological polar surface area (TPSA) is 76.7 Å². The van der Waals surface area contributed by atoms with Crippen molar-refractivity contribution in [3.8, 4) is 11.5 Å². The third kappa shape index (κ3) is 5.03. The van der Waals surface area contributed by atoms with Crippen molar-refractivity contribution in [2.24, 2.45) is 0 Å². The van der Waals surface area contributed by atoms with Gasteiger partial charge in [-0.05, 0) is 30.3 Å². The van der Waals surface area contributed by atoms with Crippen LogP contribution in [0.15, 0.2) is 43.0 Å². The standard InChI is InChI=1S/C19H17F3N2O4/c1-3-8-28-14-7-4-11(9-15(14)27-2)19(26)23-10-16(25)24-13-6-5-12(20)17(21)18(13)22/h3-7,9H,1,8,10H2,2H3,(H,23,26)(H,24,25). The summed E-state index contributed by atoms with van der Waals surface area (Å²) in [4.78, 5) is 24.0. The Morgan fingerprint density at radius 3 is 2.54 bits per heavy atom. The molecule has 0 bridgehead atoms. The molecule has 0 aromatic heterocycles. The number of halogens is 3. The number of ether oxygens (including phenoxy) is 2. The van der Waals surface area contributed by atoms with Gasteiger partial charge < -0.3 is 20.1 Å². The summed E-state index contributed by atoms with van der Waals surface area (Å²) in [6, 6.07) is 5.95. The van der Waals surface area contributed by atoms with E-state index in [1.165, 1.54) is 25.3 Å². The number of carbonyl (C=O) groups excluding carboxylic acids is 2. The summed E-state index contributed by atoms with van der Waals surface area (Å²) in [5, 5.41) is 4.38. The van der Waals surface area contributed by atoms with Crippen LogP contribution in [0, 0.1) is 17.5 Å². The molecule has 0 atom stereocenters. The van der Waals surface area contributed by atoms with E-state index in [2.05, 4.69) is 17.2 Å². The van der Waals surface area contributed by atoms with Crippen molar-refractivity contribution < 1.29 is 32.2 Å². The first kappa shape index (κ1) is 20.8. The Balaban J connectivity index is 1.99. The molecule has 0 aliphatic rings. The number of methoxy groups -OCH3 is 1. The number of hydrogen-bond donors (Lipinski definition) is 2. The van der Waals surface area contributed by atoms with E-state index >= 15 is 0 Å². The number of carbonyl (C=O) groups is 2. The number of benzene rings is 2. The molecule has 2 aromatic carbocycles. The van der Waals surface area contributed by atoms with Crippen LogP contribution in [0.2, 0.25) is 0 Å². The first-order valence-electron chi connectivity index (χ1n) is 8.00. The lowest BCUT2D eigenvalue weighted by atomic mass is 10.2. The highest BCUT2D eigenvalue weighted by atomic mass is 19.2. The first-order valence-corrected chi connectivity index (χ1v) is 8.00. The third-order valence-corrected chi connectivity index (χ3v) is 3.50. The van der Waals surface area contributed by atoms with Gasteiger partial charge in [0.05, 0.1) is 19.3 Å². The van der Waals surface area contributed by atoms with Crippen LogP contribution in [0.1, 0.15) is 10.4 Å². The molecule has 2 amide bonds. The molecule has 2 N–H and O–H groups in total. The molecule has 0 spiro atoms. The second-order valence-electron chi connectivity index (χ2n) is 5.42. The minimum atomic E-state index is -1.70. The Labute approximate surface area is 158 Å². The van der Waals surface area contributed by atoms with E-state index in [1.54, 1.807) is 6.08 Å². The van der Waals surface area contributed by atoms with Gasteiger partial charge in [0.1, 0.15) is 6.61 Å². The molecule has 0 aliphatic carbocycles. The van der Waals surface area contributed by atoms with E-state index < -0.39 is 41.5 Å². The number of nitrogens with one attached hydrogen (secondary N) is 2. The summed E-state index contributed by atoms with van der Waals surface area (Å²) in [7, 11) is 1.40. The van der Waals surface area contributed by atoms with Gasteiger partial charge >= 0.3 is 0 Å². The zero-order chi connectivity index (χ0) is 20.7. The van der Waals surface area contributed by atoms with Gasteiger partial charge in [-0.2, -0.15) is 0 Å². The fourth-order valence-electron chi connectivity index (χ4n) is 2.16. The maximum absolute atomic E-state index is 13.5. The summed E-state index contributed by atoms with van der Waals surface area (Å²) in [5.74, 6) is -5.32. The lowest BCUT2D eigenvalue weighted by Crippen LogP contribution is -2.33. The van der Waals surface area contributed by atoms with E-state index in [1.807, 2.05) is 0 Å². The van der Waals surface area contributed by atoms with Crippen molar-refractivity contribution in [1.29, 1.82) is 0 Å². The quantitative estimate of drug-likeness (QED) is 0.533.